The number of carbonyl (C=O) groups is 2. The number of likely N-dealkylation sites (tertiary alicyclic amines) is 1. The summed E-state index contributed by atoms with van der Waals surface area (Å²) in [6, 6.07) is 0. The van der Waals surface area contributed by atoms with Crippen LogP contribution < -0.4 is 0 Å². The number of hydrogen-bond donors (Lipinski definition) is 3. The van der Waals surface area contributed by atoms with Crippen molar-refractivity contribution in [2.45, 2.75) is 43.8 Å². The molecule has 7 nitrogen and oxygen atoms in total. The van der Waals surface area contributed by atoms with Crippen LogP contribution in [0.5, 0.6) is 0 Å². The Morgan fingerprint density at radius 1 is 1.24 bits per heavy atom. The lowest BCUT2D eigenvalue weighted by Gasteiger charge is -2.39. The van der Waals surface area contributed by atoms with Gasteiger partial charge in [0.15, 0.2) is 0 Å². The minimum absolute atomic E-state index is 0.0326. The van der Waals surface area contributed by atoms with Crippen LogP contribution in [-0.4, -0.2) is 63.2 Å². The van der Waals surface area contributed by atoms with Crippen LogP contribution in [0, 0.1) is 0 Å². The molecular weight excluding hydrogens is 230 g/mol. The third-order valence-corrected chi connectivity index (χ3v) is 3.11. The van der Waals surface area contributed by atoms with Crippen molar-refractivity contribution in [2.75, 3.05) is 6.61 Å². The number of aliphatic hydroxyl groups is 3. The summed E-state index contributed by atoms with van der Waals surface area (Å²) in [4.78, 5) is 23.9. The maximum absolute atomic E-state index is 11.5. The lowest BCUT2D eigenvalue weighted by Crippen LogP contribution is -2.55. The minimum Gasteiger partial charge on any atom is -0.394 e. The van der Waals surface area contributed by atoms with E-state index in [-0.39, 0.29) is 31.1 Å². The normalized spacial score (nSPS) is 38.9. The second kappa shape index (κ2) is 4.69. The molecule has 0 bridgehead atoms. The van der Waals surface area contributed by atoms with E-state index in [4.69, 9.17) is 9.84 Å². The largest absolute Gasteiger partial charge is 0.394 e. The Labute approximate surface area is 97.6 Å². The van der Waals surface area contributed by atoms with E-state index in [9.17, 15) is 19.8 Å². The first-order chi connectivity index (χ1) is 8.04. The SMILES string of the molecule is O=C1CCC(=O)N1[C@@H]1C[C@@H](O)[C@H](O)[C@@H](CO)O1. The van der Waals surface area contributed by atoms with Gasteiger partial charge in [-0.05, 0) is 0 Å². The maximum atomic E-state index is 11.5. The lowest BCUT2D eigenvalue weighted by atomic mass is 10.0. The van der Waals surface area contributed by atoms with E-state index in [1.807, 2.05) is 0 Å². The van der Waals surface area contributed by atoms with Gasteiger partial charge in [0.05, 0.1) is 12.7 Å². The fourth-order valence-electron chi connectivity index (χ4n) is 2.16. The van der Waals surface area contributed by atoms with E-state index >= 15 is 0 Å². The Morgan fingerprint density at radius 2 is 1.82 bits per heavy atom. The van der Waals surface area contributed by atoms with Gasteiger partial charge in [-0.25, -0.2) is 0 Å². The molecule has 0 spiro atoms. The molecule has 0 saturated carbocycles. The van der Waals surface area contributed by atoms with Crippen LogP contribution in [0.1, 0.15) is 19.3 Å². The van der Waals surface area contributed by atoms with Gasteiger partial charge in [0.25, 0.3) is 0 Å². The second-order valence-electron chi connectivity index (χ2n) is 4.26. The first-order valence-electron chi connectivity index (χ1n) is 5.52. The predicted octanol–water partition coefficient (Wildman–Crippen LogP) is -2.04. The summed E-state index contributed by atoms with van der Waals surface area (Å²) >= 11 is 0. The summed E-state index contributed by atoms with van der Waals surface area (Å²) in [6.07, 6.45) is -3.95. The molecule has 0 aliphatic carbocycles. The van der Waals surface area contributed by atoms with Crippen LogP contribution in [0.3, 0.4) is 0 Å². The topological polar surface area (TPSA) is 107 Å². The molecule has 2 aliphatic rings. The quantitative estimate of drug-likeness (QED) is 0.484. The lowest BCUT2D eigenvalue weighted by molar-refractivity contribution is -0.215. The Morgan fingerprint density at radius 3 is 2.35 bits per heavy atom. The van der Waals surface area contributed by atoms with Crippen LogP contribution in [0.15, 0.2) is 0 Å². The van der Waals surface area contributed by atoms with E-state index in [1.165, 1.54) is 0 Å². The van der Waals surface area contributed by atoms with Crippen LogP contribution in [0.4, 0.5) is 0 Å². The minimum atomic E-state index is -1.20. The fraction of sp³-hybridized carbons (Fsp3) is 0.800. The third-order valence-electron chi connectivity index (χ3n) is 3.11. The Hall–Kier alpha value is -1.02. The van der Waals surface area contributed by atoms with Gasteiger partial charge < -0.3 is 20.1 Å². The Balaban J connectivity index is 2.11. The van der Waals surface area contributed by atoms with Crippen molar-refractivity contribution in [3.63, 3.8) is 0 Å². The Bertz CT molecular complexity index is 317. The van der Waals surface area contributed by atoms with E-state index in [2.05, 4.69) is 0 Å². The summed E-state index contributed by atoms with van der Waals surface area (Å²) in [7, 11) is 0. The molecule has 0 aromatic heterocycles. The molecule has 0 radical (unpaired) electrons. The standard InChI is InChI=1S/C10H15NO6/c12-4-6-10(16)5(13)3-9(17-6)11-7(14)1-2-8(11)15/h5-6,9-10,12-13,16H,1-4H2/t5-,6-,9+,10+/m1/s1. The van der Waals surface area contributed by atoms with Crippen LogP contribution in [0.2, 0.25) is 0 Å². The molecule has 7 heteroatoms. The van der Waals surface area contributed by atoms with Crippen LogP contribution in [0.25, 0.3) is 0 Å². The number of amides is 2. The first kappa shape index (κ1) is 12.4. The van der Waals surface area contributed by atoms with Crippen molar-refractivity contribution in [1.29, 1.82) is 0 Å². The van der Waals surface area contributed by atoms with Gasteiger partial charge in [-0.15, -0.1) is 0 Å². The summed E-state index contributed by atoms with van der Waals surface area (Å²) < 4.78 is 5.27. The maximum Gasteiger partial charge on any atom is 0.231 e. The first-order valence-corrected chi connectivity index (χ1v) is 5.52. The molecule has 2 saturated heterocycles. The van der Waals surface area contributed by atoms with Gasteiger partial charge in [-0.2, -0.15) is 0 Å². The van der Waals surface area contributed by atoms with Crippen molar-refractivity contribution in [2.24, 2.45) is 0 Å². The molecule has 3 N–H and O–H groups in total. The summed E-state index contributed by atoms with van der Waals surface area (Å²) in [5.74, 6) is -0.694. The van der Waals surface area contributed by atoms with Gasteiger partial charge in [-0.3, -0.25) is 14.5 Å². The summed E-state index contributed by atoms with van der Waals surface area (Å²) in [5.41, 5.74) is 0. The molecule has 2 aliphatic heterocycles. The van der Waals surface area contributed by atoms with Crippen LogP contribution >= 0.6 is 0 Å². The van der Waals surface area contributed by atoms with E-state index in [0.29, 0.717) is 0 Å². The number of aliphatic hydroxyl groups excluding tert-OH is 3. The van der Waals surface area contributed by atoms with E-state index in [0.717, 1.165) is 4.90 Å². The highest BCUT2D eigenvalue weighted by molar-refractivity contribution is 6.02. The molecule has 2 rings (SSSR count). The molecular formula is C10H15NO6. The number of carbonyl (C=O) groups excluding carboxylic acids is 2. The number of rotatable bonds is 2. The molecule has 2 fully saturated rings. The molecule has 2 amide bonds. The highest BCUT2D eigenvalue weighted by atomic mass is 16.5. The number of nitrogens with zero attached hydrogens (tertiary/aromatic N) is 1. The van der Waals surface area contributed by atoms with Crippen molar-refractivity contribution in [1.82, 2.24) is 4.90 Å². The van der Waals surface area contributed by atoms with Gasteiger partial charge in [0.1, 0.15) is 18.4 Å². The van der Waals surface area contributed by atoms with Crippen molar-refractivity contribution in [3.8, 4) is 0 Å². The molecule has 4 atom stereocenters. The predicted molar refractivity (Wildman–Crippen MR) is 53.5 cm³/mol. The Kier molecular flexibility index (Phi) is 3.43. The molecule has 17 heavy (non-hydrogen) atoms. The summed E-state index contributed by atoms with van der Waals surface area (Å²) in [5, 5.41) is 28.1. The van der Waals surface area contributed by atoms with E-state index < -0.39 is 31.1 Å². The molecule has 0 aromatic rings. The monoisotopic (exact) mass is 245 g/mol. The number of hydrogen-bond acceptors (Lipinski definition) is 6. The fourth-order valence-corrected chi connectivity index (χ4v) is 2.16. The van der Waals surface area contributed by atoms with E-state index in [1.54, 1.807) is 0 Å². The van der Waals surface area contributed by atoms with Crippen LogP contribution in [-0.2, 0) is 14.3 Å². The summed E-state index contributed by atoms with van der Waals surface area (Å²) in [6.45, 7) is -0.481. The smallest absolute Gasteiger partial charge is 0.231 e. The number of imide groups is 1. The zero-order valence-corrected chi connectivity index (χ0v) is 9.15. The van der Waals surface area contributed by atoms with Crippen molar-refractivity contribution in [3.05, 3.63) is 0 Å². The second-order valence-corrected chi connectivity index (χ2v) is 4.26. The highest BCUT2D eigenvalue weighted by Gasteiger charge is 2.43. The van der Waals surface area contributed by atoms with Crippen molar-refractivity contribution < 1.29 is 29.6 Å². The van der Waals surface area contributed by atoms with Gasteiger partial charge in [0.2, 0.25) is 11.8 Å². The zero-order chi connectivity index (χ0) is 12.6. The molecule has 0 unspecified atom stereocenters. The third kappa shape index (κ3) is 2.19. The van der Waals surface area contributed by atoms with Gasteiger partial charge in [-0.1, -0.05) is 0 Å². The molecule has 2 heterocycles. The van der Waals surface area contributed by atoms with Crippen molar-refractivity contribution >= 4 is 11.8 Å². The molecule has 0 aromatic carbocycles. The average Bonchev–Trinajstić information content (AvgIpc) is 2.62. The van der Waals surface area contributed by atoms with Gasteiger partial charge >= 0.3 is 0 Å². The van der Waals surface area contributed by atoms with Gasteiger partial charge in [0, 0.05) is 19.3 Å². The highest BCUT2D eigenvalue weighted by Crippen LogP contribution is 2.26. The molecule has 96 valence electrons. The average molecular weight is 245 g/mol. The zero-order valence-electron chi connectivity index (χ0n) is 9.15. The number of ether oxygens (including phenoxy) is 1.